The van der Waals surface area contributed by atoms with Crippen LogP contribution in [-0.4, -0.2) is 37.7 Å². The van der Waals surface area contributed by atoms with Crippen molar-refractivity contribution in [3.8, 4) is 11.5 Å². The minimum atomic E-state index is 0.518. The van der Waals surface area contributed by atoms with Crippen molar-refractivity contribution in [3.05, 3.63) is 59.7 Å². The normalized spacial score (nSPS) is 23.4. The number of rotatable bonds is 4. The monoisotopic (exact) mass is 324 g/mol. The van der Waals surface area contributed by atoms with Crippen molar-refractivity contribution in [1.82, 2.24) is 4.90 Å². The quantitative estimate of drug-likeness (QED) is 0.939. The SMILES string of the molecule is NC[C@@H]1CN(Cc2ccc3c(c2)OCCO3)C[C@H]1c1ccccc1. The van der Waals surface area contributed by atoms with Crippen LogP contribution in [0.25, 0.3) is 0 Å². The first-order chi connectivity index (χ1) is 11.8. The summed E-state index contributed by atoms with van der Waals surface area (Å²) in [5.74, 6) is 2.76. The minimum Gasteiger partial charge on any atom is -0.486 e. The molecule has 1 fully saturated rings. The number of ether oxygens (including phenoxy) is 2. The second-order valence-corrected chi connectivity index (χ2v) is 6.69. The van der Waals surface area contributed by atoms with Crippen LogP contribution in [0.4, 0.5) is 0 Å². The van der Waals surface area contributed by atoms with E-state index >= 15 is 0 Å². The molecule has 2 aliphatic rings. The highest BCUT2D eigenvalue weighted by Crippen LogP contribution is 2.35. The summed E-state index contributed by atoms with van der Waals surface area (Å²) in [7, 11) is 0. The predicted molar refractivity (Wildman–Crippen MR) is 94.4 cm³/mol. The fraction of sp³-hybridized carbons (Fsp3) is 0.400. The number of nitrogens with zero attached hydrogens (tertiary/aromatic N) is 1. The average molecular weight is 324 g/mol. The van der Waals surface area contributed by atoms with Crippen LogP contribution >= 0.6 is 0 Å². The number of hydrogen-bond acceptors (Lipinski definition) is 4. The summed E-state index contributed by atoms with van der Waals surface area (Å²) in [6.45, 7) is 5.03. The van der Waals surface area contributed by atoms with E-state index in [1.165, 1.54) is 11.1 Å². The molecular weight excluding hydrogens is 300 g/mol. The van der Waals surface area contributed by atoms with Gasteiger partial charge in [-0.25, -0.2) is 0 Å². The van der Waals surface area contributed by atoms with E-state index in [9.17, 15) is 0 Å². The average Bonchev–Trinajstić information content (AvgIpc) is 3.05. The number of likely N-dealkylation sites (tertiary alicyclic amines) is 1. The molecule has 4 rings (SSSR count). The zero-order valence-electron chi connectivity index (χ0n) is 13.9. The first-order valence-corrected chi connectivity index (χ1v) is 8.69. The van der Waals surface area contributed by atoms with Crippen LogP contribution in [0, 0.1) is 5.92 Å². The molecule has 0 radical (unpaired) electrons. The van der Waals surface area contributed by atoms with Crippen LogP contribution in [0.15, 0.2) is 48.5 Å². The van der Waals surface area contributed by atoms with E-state index in [1.54, 1.807) is 0 Å². The van der Waals surface area contributed by atoms with Gasteiger partial charge in [-0.1, -0.05) is 36.4 Å². The van der Waals surface area contributed by atoms with Gasteiger partial charge in [0.1, 0.15) is 13.2 Å². The first-order valence-electron chi connectivity index (χ1n) is 8.69. The molecule has 2 heterocycles. The van der Waals surface area contributed by atoms with E-state index in [1.807, 2.05) is 6.07 Å². The lowest BCUT2D eigenvalue weighted by atomic mass is 9.89. The highest BCUT2D eigenvalue weighted by molar-refractivity contribution is 5.43. The van der Waals surface area contributed by atoms with Crippen LogP contribution in [0.1, 0.15) is 17.0 Å². The molecule has 0 aromatic heterocycles. The van der Waals surface area contributed by atoms with Gasteiger partial charge in [0.25, 0.3) is 0 Å². The predicted octanol–water partition coefficient (Wildman–Crippen LogP) is 2.63. The van der Waals surface area contributed by atoms with E-state index in [-0.39, 0.29) is 0 Å². The Morgan fingerprint density at radius 3 is 2.54 bits per heavy atom. The molecule has 0 saturated carbocycles. The topological polar surface area (TPSA) is 47.7 Å². The molecule has 0 aliphatic carbocycles. The Kier molecular flexibility index (Phi) is 4.41. The van der Waals surface area contributed by atoms with E-state index in [4.69, 9.17) is 15.2 Å². The van der Waals surface area contributed by atoms with Gasteiger partial charge in [0.15, 0.2) is 11.5 Å². The summed E-state index contributed by atoms with van der Waals surface area (Å²) < 4.78 is 11.3. The van der Waals surface area contributed by atoms with Gasteiger partial charge in [0, 0.05) is 25.6 Å². The molecule has 4 heteroatoms. The third-order valence-electron chi connectivity index (χ3n) is 5.06. The Morgan fingerprint density at radius 1 is 0.958 bits per heavy atom. The van der Waals surface area contributed by atoms with Crippen LogP contribution in [0.3, 0.4) is 0 Å². The van der Waals surface area contributed by atoms with Crippen molar-refractivity contribution in [2.45, 2.75) is 12.5 Å². The number of fused-ring (bicyclic) bond motifs is 1. The van der Waals surface area contributed by atoms with E-state index in [2.05, 4.69) is 47.4 Å². The Hall–Kier alpha value is -2.04. The van der Waals surface area contributed by atoms with Gasteiger partial charge in [-0.2, -0.15) is 0 Å². The molecular formula is C20H24N2O2. The molecule has 1 saturated heterocycles. The summed E-state index contributed by atoms with van der Waals surface area (Å²) in [5.41, 5.74) is 8.71. The van der Waals surface area contributed by atoms with Gasteiger partial charge in [-0.3, -0.25) is 4.90 Å². The molecule has 2 aliphatic heterocycles. The van der Waals surface area contributed by atoms with Crippen molar-refractivity contribution in [2.75, 3.05) is 32.8 Å². The van der Waals surface area contributed by atoms with Gasteiger partial charge in [0.05, 0.1) is 0 Å². The molecule has 0 bridgehead atoms. The maximum absolute atomic E-state index is 6.05. The van der Waals surface area contributed by atoms with Crippen LogP contribution in [-0.2, 0) is 6.54 Å². The second-order valence-electron chi connectivity index (χ2n) is 6.69. The lowest BCUT2D eigenvalue weighted by Crippen LogP contribution is -2.23. The van der Waals surface area contributed by atoms with E-state index in [0.29, 0.717) is 25.0 Å². The van der Waals surface area contributed by atoms with E-state index in [0.717, 1.165) is 37.7 Å². The maximum Gasteiger partial charge on any atom is 0.161 e. The molecule has 4 nitrogen and oxygen atoms in total. The Labute approximate surface area is 143 Å². The van der Waals surface area contributed by atoms with Crippen LogP contribution in [0.5, 0.6) is 11.5 Å². The largest absolute Gasteiger partial charge is 0.486 e. The van der Waals surface area contributed by atoms with Crippen molar-refractivity contribution in [1.29, 1.82) is 0 Å². The van der Waals surface area contributed by atoms with Crippen molar-refractivity contribution in [3.63, 3.8) is 0 Å². The highest BCUT2D eigenvalue weighted by Gasteiger charge is 2.32. The number of benzene rings is 2. The Bertz CT molecular complexity index is 689. The molecule has 2 N–H and O–H groups in total. The zero-order chi connectivity index (χ0) is 16.4. The zero-order valence-corrected chi connectivity index (χ0v) is 13.9. The Balaban J connectivity index is 1.47. The summed E-state index contributed by atoms with van der Waals surface area (Å²) >= 11 is 0. The molecule has 2 aromatic rings. The summed E-state index contributed by atoms with van der Waals surface area (Å²) in [6, 6.07) is 17.0. The van der Waals surface area contributed by atoms with Crippen LogP contribution in [0.2, 0.25) is 0 Å². The fourth-order valence-corrected chi connectivity index (χ4v) is 3.85. The third kappa shape index (κ3) is 3.12. The molecule has 24 heavy (non-hydrogen) atoms. The molecule has 126 valence electrons. The minimum absolute atomic E-state index is 0.518. The van der Waals surface area contributed by atoms with Crippen molar-refractivity contribution < 1.29 is 9.47 Å². The van der Waals surface area contributed by atoms with Gasteiger partial charge in [-0.15, -0.1) is 0 Å². The molecule has 0 spiro atoms. The Morgan fingerprint density at radius 2 is 1.75 bits per heavy atom. The van der Waals surface area contributed by atoms with Crippen molar-refractivity contribution in [2.24, 2.45) is 11.7 Å². The fourth-order valence-electron chi connectivity index (χ4n) is 3.85. The van der Waals surface area contributed by atoms with Gasteiger partial charge in [0.2, 0.25) is 0 Å². The lowest BCUT2D eigenvalue weighted by Gasteiger charge is -2.21. The maximum atomic E-state index is 6.05. The molecule has 2 atom stereocenters. The van der Waals surface area contributed by atoms with Gasteiger partial charge >= 0.3 is 0 Å². The standard InChI is InChI=1S/C20H24N2O2/c21-11-17-13-22(14-18(17)16-4-2-1-3-5-16)12-15-6-7-19-20(10-15)24-9-8-23-19/h1-7,10,17-18H,8-9,11-14,21H2/t17-,18+/m1/s1. The second kappa shape index (κ2) is 6.83. The lowest BCUT2D eigenvalue weighted by molar-refractivity contribution is 0.171. The first kappa shape index (κ1) is 15.5. The van der Waals surface area contributed by atoms with Crippen LogP contribution < -0.4 is 15.2 Å². The highest BCUT2D eigenvalue weighted by atomic mass is 16.6. The smallest absolute Gasteiger partial charge is 0.161 e. The summed E-state index contributed by atoms with van der Waals surface area (Å²) in [4.78, 5) is 2.50. The summed E-state index contributed by atoms with van der Waals surface area (Å²) in [5, 5.41) is 0. The van der Waals surface area contributed by atoms with E-state index < -0.39 is 0 Å². The number of hydrogen-bond donors (Lipinski definition) is 1. The molecule has 0 amide bonds. The van der Waals surface area contributed by atoms with Crippen molar-refractivity contribution >= 4 is 0 Å². The van der Waals surface area contributed by atoms with Gasteiger partial charge < -0.3 is 15.2 Å². The molecule has 0 unspecified atom stereocenters. The number of nitrogens with two attached hydrogens (primary N) is 1. The summed E-state index contributed by atoms with van der Waals surface area (Å²) in [6.07, 6.45) is 0. The molecule has 2 aromatic carbocycles. The third-order valence-corrected chi connectivity index (χ3v) is 5.06. The van der Waals surface area contributed by atoms with Gasteiger partial charge in [-0.05, 0) is 35.7 Å².